The number of rotatable bonds is 6. The van der Waals surface area contributed by atoms with E-state index in [1.54, 1.807) is 18.4 Å². The Morgan fingerprint density at radius 2 is 1.77 bits per heavy atom. The molecule has 0 atom stereocenters. The molecule has 0 aliphatic rings. The van der Waals surface area contributed by atoms with Crippen molar-refractivity contribution in [2.24, 2.45) is 0 Å². The Labute approximate surface area is 176 Å². The van der Waals surface area contributed by atoms with E-state index in [0.29, 0.717) is 23.2 Å². The summed E-state index contributed by atoms with van der Waals surface area (Å²) in [6, 6.07) is 21.9. The number of aryl methyl sites for hydroxylation is 1. The van der Waals surface area contributed by atoms with Crippen LogP contribution in [0.2, 0.25) is 0 Å². The number of nitrogens with zero attached hydrogens (tertiary/aromatic N) is 5. The minimum atomic E-state index is 0.362. The maximum Gasteiger partial charge on any atom is 0.293 e. The number of thioether (sulfide) groups is 1. The summed E-state index contributed by atoms with van der Waals surface area (Å²) < 4.78 is 12.6. The van der Waals surface area contributed by atoms with Gasteiger partial charge in [0.1, 0.15) is 0 Å². The van der Waals surface area contributed by atoms with Gasteiger partial charge in [0.05, 0.1) is 12.0 Å². The highest BCUT2D eigenvalue weighted by molar-refractivity contribution is 7.98. The molecule has 0 saturated heterocycles. The minimum Gasteiger partial charge on any atom is -0.459 e. The fourth-order valence-electron chi connectivity index (χ4n) is 3.01. The molecule has 2 aromatic carbocycles. The second-order valence-electron chi connectivity index (χ2n) is 6.62. The van der Waals surface area contributed by atoms with Gasteiger partial charge in [-0.05, 0) is 31.2 Å². The van der Waals surface area contributed by atoms with E-state index in [4.69, 9.17) is 8.94 Å². The van der Waals surface area contributed by atoms with E-state index in [2.05, 4.69) is 51.5 Å². The highest BCUT2D eigenvalue weighted by Gasteiger charge is 2.18. The Morgan fingerprint density at radius 3 is 2.53 bits per heavy atom. The predicted molar refractivity (Wildman–Crippen MR) is 113 cm³/mol. The van der Waals surface area contributed by atoms with Crippen LogP contribution in [0.1, 0.15) is 11.4 Å². The topological polar surface area (TPSA) is 82.8 Å². The lowest BCUT2D eigenvalue weighted by Crippen LogP contribution is -2.00. The molecule has 0 fully saturated rings. The van der Waals surface area contributed by atoms with Gasteiger partial charge >= 0.3 is 0 Å². The van der Waals surface area contributed by atoms with Gasteiger partial charge < -0.3 is 8.94 Å². The van der Waals surface area contributed by atoms with Crippen molar-refractivity contribution in [2.45, 2.75) is 17.8 Å². The first-order valence-electron chi connectivity index (χ1n) is 9.35. The molecule has 0 radical (unpaired) electrons. The van der Waals surface area contributed by atoms with Crippen LogP contribution in [0.5, 0.6) is 0 Å². The predicted octanol–water partition coefficient (Wildman–Crippen LogP) is 5.18. The molecule has 0 unspecified atom stereocenters. The van der Waals surface area contributed by atoms with E-state index >= 15 is 0 Å². The zero-order chi connectivity index (χ0) is 20.3. The van der Waals surface area contributed by atoms with Crippen LogP contribution in [0.4, 0.5) is 0 Å². The van der Waals surface area contributed by atoms with E-state index in [-0.39, 0.29) is 0 Å². The van der Waals surface area contributed by atoms with E-state index in [1.807, 2.05) is 34.9 Å². The fraction of sp³-hybridized carbons (Fsp3) is 0.0909. The SMILES string of the molecule is Cc1ccc(-n2c(SCc3noc(-c4ccco4)n3)nnc2-c2ccccc2)cc1. The summed E-state index contributed by atoms with van der Waals surface area (Å²) in [7, 11) is 0. The summed E-state index contributed by atoms with van der Waals surface area (Å²) in [6.45, 7) is 2.07. The van der Waals surface area contributed by atoms with Crippen LogP contribution >= 0.6 is 11.8 Å². The molecule has 5 rings (SSSR count). The quantitative estimate of drug-likeness (QED) is 0.353. The molecular formula is C22H17N5O2S. The van der Waals surface area contributed by atoms with Crippen molar-refractivity contribution in [3.8, 4) is 28.7 Å². The highest BCUT2D eigenvalue weighted by atomic mass is 32.2. The van der Waals surface area contributed by atoms with Crippen molar-refractivity contribution in [3.63, 3.8) is 0 Å². The second kappa shape index (κ2) is 8.00. The van der Waals surface area contributed by atoms with E-state index in [1.165, 1.54) is 17.3 Å². The standard InChI is InChI=1S/C22H17N5O2S/c1-15-9-11-17(12-10-15)27-20(16-6-3-2-4-7-16)24-25-22(27)30-14-19-23-21(29-26-19)18-8-5-13-28-18/h2-13H,14H2,1H3. The molecule has 0 saturated carbocycles. The van der Waals surface area contributed by atoms with E-state index in [0.717, 1.165) is 22.2 Å². The highest BCUT2D eigenvalue weighted by Crippen LogP contribution is 2.30. The van der Waals surface area contributed by atoms with Gasteiger partial charge in [0.2, 0.25) is 0 Å². The van der Waals surface area contributed by atoms with Crippen molar-refractivity contribution < 1.29 is 8.94 Å². The third-order valence-electron chi connectivity index (χ3n) is 4.49. The first-order valence-corrected chi connectivity index (χ1v) is 10.3. The molecule has 148 valence electrons. The molecule has 8 heteroatoms. The van der Waals surface area contributed by atoms with Gasteiger partial charge in [-0.15, -0.1) is 10.2 Å². The van der Waals surface area contributed by atoms with Gasteiger partial charge in [0, 0.05) is 11.3 Å². The average molecular weight is 415 g/mol. The summed E-state index contributed by atoms with van der Waals surface area (Å²) in [5.41, 5.74) is 3.19. The summed E-state index contributed by atoms with van der Waals surface area (Å²) >= 11 is 1.50. The molecule has 0 aliphatic carbocycles. The van der Waals surface area contributed by atoms with Crippen molar-refractivity contribution in [3.05, 3.63) is 84.4 Å². The smallest absolute Gasteiger partial charge is 0.293 e. The Morgan fingerprint density at radius 1 is 0.933 bits per heavy atom. The van der Waals surface area contributed by atoms with Crippen LogP contribution in [0.25, 0.3) is 28.7 Å². The monoisotopic (exact) mass is 415 g/mol. The van der Waals surface area contributed by atoms with Crippen molar-refractivity contribution in [2.75, 3.05) is 0 Å². The van der Waals surface area contributed by atoms with Crippen LogP contribution in [0.15, 0.2) is 87.1 Å². The summed E-state index contributed by atoms with van der Waals surface area (Å²) in [5.74, 6) is 2.74. The Hall–Kier alpha value is -3.65. The second-order valence-corrected chi connectivity index (χ2v) is 7.57. The number of benzene rings is 2. The molecule has 5 aromatic rings. The first-order chi connectivity index (χ1) is 14.8. The van der Waals surface area contributed by atoms with Gasteiger partial charge in [-0.2, -0.15) is 4.98 Å². The van der Waals surface area contributed by atoms with Crippen molar-refractivity contribution >= 4 is 11.8 Å². The Kier molecular flexibility index (Phi) is 4.90. The summed E-state index contributed by atoms with van der Waals surface area (Å²) in [6.07, 6.45) is 1.57. The van der Waals surface area contributed by atoms with Crippen LogP contribution < -0.4 is 0 Å². The zero-order valence-electron chi connectivity index (χ0n) is 16.1. The molecule has 0 bridgehead atoms. The molecule has 3 aromatic heterocycles. The Balaban J connectivity index is 1.46. The van der Waals surface area contributed by atoms with Gasteiger partial charge in [-0.25, -0.2) is 0 Å². The lowest BCUT2D eigenvalue weighted by molar-refractivity contribution is 0.411. The lowest BCUT2D eigenvalue weighted by Gasteiger charge is -2.10. The minimum absolute atomic E-state index is 0.362. The molecule has 3 heterocycles. The third kappa shape index (κ3) is 3.65. The average Bonchev–Trinajstić information content (AvgIpc) is 3.53. The molecule has 0 aliphatic heterocycles. The van der Waals surface area contributed by atoms with Gasteiger partial charge in [0.15, 0.2) is 22.6 Å². The van der Waals surface area contributed by atoms with Crippen molar-refractivity contribution in [1.82, 2.24) is 24.9 Å². The zero-order valence-corrected chi connectivity index (χ0v) is 16.9. The molecule has 30 heavy (non-hydrogen) atoms. The van der Waals surface area contributed by atoms with Crippen LogP contribution in [0.3, 0.4) is 0 Å². The number of hydrogen-bond donors (Lipinski definition) is 0. The maximum absolute atomic E-state index is 5.31. The van der Waals surface area contributed by atoms with Crippen LogP contribution in [-0.4, -0.2) is 24.9 Å². The van der Waals surface area contributed by atoms with Gasteiger partial charge in [0.25, 0.3) is 5.89 Å². The van der Waals surface area contributed by atoms with Crippen LogP contribution in [0, 0.1) is 6.92 Å². The summed E-state index contributed by atoms with van der Waals surface area (Å²) in [4.78, 5) is 4.40. The lowest BCUT2D eigenvalue weighted by atomic mass is 10.2. The van der Waals surface area contributed by atoms with Crippen LogP contribution in [-0.2, 0) is 5.75 Å². The normalized spacial score (nSPS) is 11.1. The third-order valence-corrected chi connectivity index (χ3v) is 5.41. The molecule has 0 N–H and O–H groups in total. The largest absolute Gasteiger partial charge is 0.459 e. The molecule has 7 nitrogen and oxygen atoms in total. The first kappa shape index (κ1) is 18.4. The molecule has 0 spiro atoms. The molecular weight excluding hydrogens is 398 g/mol. The van der Waals surface area contributed by atoms with E-state index < -0.39 is 0 Å². The van der Waals surface area contributed by atoms with E-state index in [9.17, 15) is 0 Å². The summed E-state index contributed by atoms with van der Waals surface area (Å²) in [5, 5.41) is 13.7. The van der Waals surface area contributed by atoms with Gasteiger partial charge in [-0.1, -0.05) is 64.9 Å². The number of hydrogen-bond acceptors (Lipinski definition) is 7. The molecule has 0 amide bonds. The fourth-order valence-corrected chi connectivity index (χ4v) is 3.80. The maximum atomic E-state index is 5.31. The Bertz CT molecular complexity index is 1240. The van der Waals surface area contributed by atoms with Crippen molar-refractivity contribution in [1.29, 1.82) is 0 Å². The van der Waals surface area contributed by atoms with Gasteiger partial charge in [-0.3, -0.25) is 4.57 Å². The number of furan rings is 1. The number of aromatic nitrogens is 5.